The zero-order valence-electron chi connectivity index (χ0n) is 11.3. The molecule has 2 aromatic rings. The fourth-order valence-corrected chi connectivity index (χ4v) is 2.25. The van der Waals surface area contributed by atoms with Gasteiger partial charge in [0.1, 0.15) is 0 Å². The molecule has 4 N–H and O–H groups in total. The number of nitrogens with zero attached hydrogens (tertiary/aromatic N) is 1. The third kappa shape index (κ3) is 3.85. The Hall–Kier alpha value is -1.79. The molecule has 1 atom stereocenters. The Morgan fingerprint density at radius 2 is 2.20 bits per heavy atom. The number of thioether (sulfide) groups is 1. The van der Waals surface area contributed by atoms with Crippen molar-refractivity contribution in [3.8, 4) is 11.3 Å². The lowest BCUT2D eigenvalue weighted by Gasteiger charge is -2.11. The number of H-pyrrole nitrogens is 1. The molecule has 0 saturated carbocycles. The molecular formula is C14H18N4OS. The molecule has 0 unspecified atom stereocenters. The summed E-state index contributed by atoms with van der Waals surface area (Å²) in [5, 5.41) is 2.82. The summed E-state index contributed by atoms with van der Waals surface area (Å²) >= 11 is 1.68. The second-order valence-electron chi connectivity index (χ2n) is 4.42. The number of aromatic nitrogens is 2. The fraction of sp³-hybridized carbons (Fsp3) is 0.286. The van der Waals surface area contributed by atoms with Crippen molar-refractivity contribution in [2.24, 2.45) is 5.73 Å². The highest BCUT2D eigenvalue weighted by atomic mass is 32.2. The van der Waals surface area contributed by atoms with E-state index < -0.39 is 6.04 Å². The summed E-state index contributed by atoms with van der Waals surface area (Å²) in [6.45, 7) is 0. The van der Waals surface area contributed by atoms with Gasteiger partial charge in [0.05, 0.1) is 24.3 Å². The van der Waals surface area contributed by atoms with Crippen LogP contribution in [-0.2, 0) is 4.79 Å². The molecule has 0 bridgehead atoms. The third-order valence-corrected chi connectivity index (χ3v) is 3.58. The van der Waals surface area contributed by atoms with Crippen LogP contribution in [0.5, 0.6) is 0 Å². The van der Waals surface area contributed by atoms with E-state index in [1.165, 1.54) is 0 Å². The van der Waals surface area contributed by atoms with Crippen LogP contribution in [0.4, 0.5) is 5.69 Å². The maximum absolute atomic E-state index is 11.9. The molecule has 1 aromatic carbocycles. The average molecular weight is 290 g/mol. The number of carbonyl (C=O) groups excluding carboxylic acids is 1. The first-order chi connectivity index (χ1) is 9.70. The first-order valence-electron chi connectivity index (χ1n) is 6.35. The summed E-state index contributed by atoms with van der Waals surface area (Å²) < 4.78 is 0. The molecule has 2 rings (SSSR count). The van der Waals surface area contributed by atoms with Crippen LogP contribution < -0.4 is 11.1 Å². The van der Waals surface area contributed by atoms with E-state index in [2.05, 4.69) is 15.3 Å². The van der Waals surface area contributed by atoms with Gasteiger partial charge in [-0.15, -0.1) is 0 Å². The summed E-state index contributed by atoms with van der Waals surface area (Å²) in [5.41, 5.74) is 8.53. The van der Waals surface area contributed by atoms with Crippen LogP contribution in [0.15, 0.2) is 36.8 Å². The summed E-state index contributed by atoms with van der Waals surface area (Å²) in [6.07, 6.45) is 6.07. The molecule has 0 spiro atoms. The number of imidazole rings is 1. The minimum atomic E-state index is -0.463. The monoisotopic (exact) mass is 290 g/mol. The Balaban J connectivity index is 1.95. The Morgan fingerprint density at radius 1 is 1.45 bits per heavy atom. The topological polar surface area (TPSA) is 83.8 Å². The van der Waals surface area contributed by atoms with Crippen molar-refractivity contribution in [3.63, 3.8) is 0 Å². The van der Waals surface area contributed by atoms with Gasteiger partial charge in [-0.1, -0.05) is 12.1 Å². The number of benzene rings is 1. The zero-order valence-corrected chi connectivity index (χ0v) is 12.1. The number of aromatic amines is 1. The largest absolute Gasteiger partial charge is 0.345 e. The Kier molecular flexibility index (Phi) is 5.20. The van der Waals surface area contributed by atoms with Crippen LogP contribution in [0.25, 0.3) is 11.3 Å². The van der Waals surface area contributed by atoms with Gasteiger partial charge in [0.15, 0.2) is 0 Å². The van der Waals surface area contributed by atoms with Crippen molar-refractivity contribution in [2.75, 3.05) is 17.3 Å². The molecule has 6 heteroatoms. The lowest BCUT2D eigenvalue weighted by molar-refractivity contribution is -0.117. The van der Waals surface area contributed by atoms with E-state index in [9.17, 15) is 4.79 Å². The summed E-state index contributed by atoms with van der Waals surface area (Å²) in [4.78, 5) is 18.9. The molecule has 1 heterocycles. The second kappa shape index (κ2) is 7.12. The Labute approximate surface area is 122 Å². The Bertz CT molecular complexity index is 539. The lowest BCUT2D eigenvalue weighted by atomic mass is 10.1. The first-order valence-corrected chi connectivity index (χ1v) is 7.74. The number of amides is 1. The van der Waals surface area contributed by atoms with Crippen molar-refractivity contribution < 1.29 is 4.79 Å². The Morgan fingerprint density at radius 3 is 2.80 bits per heavy atom. The molecule has 0 aliphatic carbocycles. The third-order valence-electron chi connectivity index (χ3n) is 2.93. The molecule has 1 aromatic heterocycles. The molecule has 106 valence electrons. The van der Waals surface area contributed by atoms with Crippen molar-refractivity contribution in [2.45, 2.75) is 12.5 Å². The van der Waals surface area contributed by atoms with Gasteiger partial charge in [-0.05, 0) is 36.1 Å². The van der Waals surface area contributed by atoms with Gasteiger partial charge in [-0.25, -0.2) is 4.98 Å². The fourth-order valence-electron chi connectivity index (χ4n) is 1.76. The van der Waals surface area contributed by atoms with Crippen LogP contribution in [0, 0.1) is 0 Å². The van der Waals surface area contributed by atoms with Gasteiger partial charge in [0, 0.05) is 5.69 Å². The van der Waals surface area contributed by atoms with E-state index in [1.807, 2.05) is 30.5 Å². The molecule has 1 amide bonds. The predicted molar refractivity (Wildman–Crippen MR) is 83.6 cm³/mol. The zero-order chi connectivity index (χ0) is 14.4. The normalized spacial score (nSPS) is 12.1. The van der Waals surface area contributed by atoms with Gasteiger partial charge in [-0.3, -0.25) is 4.79 Å². The van der Waals surface area contributed by atoms with Crippen LogP contribution >= 0.6 is 11.8 Å². The molecule has 0 fully saturated rings. The summed E-state index contributed by atoms with van der Waals surface area (Å²) in [5.74, 6) is 0.737. The molecule has 20 heavy (non-hydrogen) atoms. The van der Waals surface area contributed by atoms with E-state index in [4.69, 9.17) is 5.73 Å². The van der Waals surface area contributed by atoms with Gasteiger partial charge in [-0.2, -0.15) is 11.8 Å². The van der Waals surface area contributed by atoms with Crippen LogP contribution in [0.1, 0.15) is 6.42 Å². The molecule has 0 aliphatic heterocycles. The smallest absolute Gasteiger partial charge is 0.241 e. The minimum absolute atomic E-state index is 0.145. The van der Waals surface area contributed by atoms with Crippen LogP contribution in [-0.4, -0.2) is 33.9 Å². The molecular weight excluding hydrogens is 272 g/mol. The number of carbonyl (C=O) groups is 1. The maximum Gasteiger partial charge on any atom is 0.241 e. The molecule has 0 aliphatic rings. The summed E-state index contributed by atoms with van der Waals surface area (Å²) in [6, 6.07) is 7.10. The predicted octanol–water partition coefficient (Wildman–Crippen LogP) is 2.10. The van der Waals surface area contributed by atoms with E-state index in [0.29, 0.717) is 6.42 Å². The van der Waals surface area contributed by atoms with Crippen molar-refractivity contribution >= 4 is 23.4 Å². The van der Waals surface area contributed by atoms with Gasteiger partial charge in [0.25, 0.3) is 0 Å². The average Bonchev–Trinajstić information content (AvgIpc) is 2.99. The quantitative estimate of drug-likeness (QED) is 0.760. The number of nitrogens with one attached hydrogen (secondary N) is 2. The SMILES string of the molecule is CSCC[C@@H](N)C(=O)Nc1ccc(-c2cnc[nH]2)cc1. The molecule has 5 nitrogen and oxygen atoms in total. The highest BCUT2D eigenvalue weighted by Crippen LogP contribution is 2.18. The highest BCUT2D eigenvalue weighted by Gasteiger charge is 2.12. The molecule has 0 saturated heterocycles. The van der Waals surface area contributed by atoms with E-state index in [-0.39, 0.29) is 5.91 Å². The number of nitrogens with two attached hydrogens (primary N) is 1. The van der Waals surface area contributed by atoms with Crippen molar-refractivity contribution in [1.29, 1.82) is 0 Å². The first kappa shape index (κ1) is 14.6. The standard InChI is InChI=1S/C14H18N4OS/c1-20-7-6-12(15)14(19)18-11-4-2-10(3-5-11)13-8-16-9-17-13/h2-5,8-9,12H,6-7,15H2,1H3,(H,16,17)(H,18,19)/t12-/m1/s1. The highest BCUT2D eigenvalue weighted by molar-refractivity contribution is 7.98. The van der Waals surface area contributed by atoms with Crippen molar-refractivity contribution in [3.05, 3.63) is 36.8 Å². The lowest BCUT2D eigenvalue weighted by Crippen LogP contribution is -2.36. The van der Waals surface area contributed by atoms with Crippen LogP contribution in [0.2, 0.25) is 0 Å². The number of hydrogen-bond acceptors (Lipinski definition) is 4. The minimum Gasteiger partial charge on any atom is -0.345 e. The van der Waals surface area contributed by atoms with Gasteiger partial charge < -0.3 is 16.0 Å². The van der Waals surface area contributed by atoms with Gasteiger partial charge in [0.2, 0.25) is 5.91 Å². The number of hydrogen-bond donors (Lipinski definition) is 3. The van der Waals surface area contributed by atoms with Gasteiger partial charge >= 0.3 is 0 Å². The number of rotatable bonds is 6. The van der Waals surface area contributed by atoms with Crippen molar-refractivity contribution in [1.82, 2.24) is 9.97 Å². The van der Waals surface area contributed by atoms with E-state index in [0.717, 1.165) is 22.7 Å². The van der Waals surface area contributed by atoms with Crippen LogP contribution in [0.3, 0.4) is 0 Å². The second-order valence-corrected chi connectivity index (χ2v) is 5.41. The van der Waals surface area contributed by atoms with E-state index in [1.54, 1.807) is 24.3 Å². The maximum atomic E-state index is 11.9. The summed E-state index contributed by atoms with van der Waals surface area (Å²) in [7, 11) is 0. The molecule has 0 radical (unpaired) electrons. The van der Waals surface area contributed by atoms with E-state index >= 15 is 0 Å². The number of anilines is 1.